The number of amides is 1. The van der Waals surface area contributed by atoms with Crippen LogP contribution in [0.4, 0.5) is 5.69 Å². The summed E-state index contributed by atoms with van der Waals surface area (Å²) in [7, 11) is 0. The fourth-order valence-corrected chi connectivity index (χ4v) is 3.64. The first kappa shape index (κ1) is 19.3. The van der Waals surface area contributed by atoms with E-state index < -0.39 is 0 Å². The first-order valence-electron chi connectivity index (χ1n) is 9.40. The number of hydrogen-bond acceptors (Lipinski definition) is 5. The smallest absolute Gasteiger partial charge is 0.254 e. The van der Waals surface area contributed by atoms with Crippen LogP contribution in [-0.4, -0.2) is 46.5 Å². The van der Waals surface area contributed by atoms with Crippen LogP contribution in [0, 0.1) is 6.92 Å². The van der Waals surface area contributed by atoms with Gasteiger partial charge in [-0.25, -0.2) is 4.98 Å². The Kier molecular flexibility index (Phi) is 5.40. The van der Waals surface area contributed by atoms with Gasteiger partial charge < -0.3 is 14.2 Å². The molecule has 1 saturated heterocycles. The Hall–Kier alpha value is -3.06. The van der Waals surface area contributed by atoms with Crippen molar-refractivity contribution in [3.8, 4) is 11.5 Å². The number of rotatable bonds is 4. The van der Waals surface area contributed by atoms with Gasteiger partial charge in [0.2, 0.25) is 5.91 Å². The molecule has 150 valence electrons. The largest absolute Gasteiger partial charge is 0.463 e. The minimum Gasteiger partial charge on any atom is -0.463 e. The molecule has 1 amide bonds. The Morgan fingerprint density at radius 3 is 2.66 bits per heavy atom. The highest BCUT2D eigenvalue weighted by atomic mass is 35.5. The average Bonchev–Trinajstić information content (AvgIpc) is 3.26. The summed E-state index contributed by atoms with van der Waals surface area (Å²) in [6.07, 6.45) is 2.92. The number of nitrogens with zero attached hydrogens (tertiary/aromatic N) is 4. The summed E-state index contributed by atoms with van der Waals surface area (Å²) in [5.41, 5.74) is 2.42. The van der Waals surface area contributed by atoms with Crippen molar-refractivity contribution in [2.75, 3.05) is 31.1 Å². The molecule has 4 rings (SSSR count). The summed E-state index contributed by atoms with van der Waals surface area (Å²) in [6, 6.07) is 10.7. The van der Waals surface area contributed by atoms with Crippen molar-refractivity contribution in [3.05, 3.63) is 69.9 Å². The Morgan fingerprint density at radius 1 is 1.17 bits per heavy atom. The fourth-order valence-electron chi connectivity index (χ4n) is 3.47. The third-order valence-corrected chi connectivity index (χ3v) is 5.34. The quantitative estimate of drug-likeness (QED) is 0.659. The second-order valence-corrected chi connectivity index (χ2v) is 7.45. The Bertz CT molecular complexity index is 1070. The van der Waals surface area contributed by atoms with Crippen molar-refractivity contribution in [3.63, 3.8) is 0 Å². The van der Waals surface area contributed by atoms with Gasteiger partial charge in [-0.1, -0.05) is 17.7 Å². The minimum atomic E-state index is -0.284. The highest BCUT2D eigenvalue weighted by molar-refractivity contribution is 6.30. The summed E-state index contributed by atoms with van der Waals surface area (Å²) >= 11 is 6.13. The van der Waals surface area contributed by atoms with E-state index in [1.807, 2.05) is 18.2 Å². The lowest BCUT2D eigenvalue weighted by Crippen LogP contribution is -2.50. The van der Waals surface area contributed by atoms with E-state index in [1.54, 1.807) is 17.0 Å². The van der Waals surface area contributed by atoms with Gasteiger partial charge in [-0.05, 0) is 36.8 Å². The maximum absolute atomic E-state index is 12.7. The maximum atomic E-state index is 12.7. The monoisotopic (exact) mass is 412 g/mol. The molecule has 7 nitrogen and oxygen atoms in total. The van der Waals surface area contributed by atoms with E-state index in [0.29, 0.717) is 29.6 Å². The van der Waals surface area contributed by atoms with Crippen LogP contribution >= 0.6 is 11.6 Å². The molecule has 1 aromatic carbocycles. The molecule has 1 aliphatic rings. The summed E-state index contributed by atoms with van der Waals surface area (Å²) in [4.78, 5) is 33.3. The van der Waals surface area contributed by atoms with Crippen molar-refractivity contribution in [1.29, 1.82) is 0 Å². The first-order valence-corrected chi connectivity index (χ1v) is 9.78. The number of halogens is 1. The number of benzene rings is 1. The van der Waals surface area contributed by atoms with Crippen LogP contribution < -0.4 is 10.5 Å². The molecule has 3 heterocycles. The summed E-state index contributed by atoms with van der Waals surface area (Å²) in [5, 5.41) is 0.703. The van der Waals surface area contributed by atoms with Gasteiger partial charge in [0.25, 0.3) is 5.56 Å². The van der Waals surface area contributed by atoms with Crippen LogP contribution in [0.2, 0.25) is 5.02 Å². The molecule has 0 saturated carbocycles. The summed E-state index contributed by atoms with van der Waals surface area (Å²) in [5.74, 6) is 0.426. The van der Waals surface area contributed by atoms with Crippen molar-refractivity contribution in [2.24, 2.45) is 0 Å². The van der Waals surface area contributed by atoms with E-state index in [-0.39, 0.29) is 18.0 Å². The zero-order valence-corrected chi connectivity index (χ0v) is 16.8. The normalized spacial score (nSPS) is 14.3. The average molecular weight is 413 g/mol. The highest BCUT2D eigenvalue weighted by Crippen LogP contribution is 2.25. The van der Waals surface area contributed by atoms with Crippen LogP contribution in [-0.2, 0) is 11.3 Å². The third kappa shape index (κ3) is 4.19. The highest BCUT2D eigenvalue weighted by Gasteiger charge is 2.22. The molecule has 1 fully saturated rings. The molecule has 0 N–H and O–H groups in total. The second kappa shape index (κ2) is 8.13. The lowest BCUT2D eigenvalue weighted by molar-refractivity contribution is -0.132. The third-order valence-electron chi connectivity index (χ3n) is 5.10. The van der Waals surface area contributed by atoms with Crippen LogP contribution in [0.15, 0.2) is 58.2 Å². The van der Waals surface area contributed by atoms with Crippen LogP contribution in [0.3, 0.4) is 0 Å². The van der Waals surface area contributed by atoms with Gasteiger partial charge >= 0.3 is 0 Å². The van der Waals surface area contributed by atoms with Gasteiger partial charge in [0.05, 0.1) is 12.6 Å². The number of carbonyl (C=O) groups excluding carboxylic acids is 1. The van der Waals surface area contributed by atoms with E-state index >= 15 is 0 Å². The van der Waals surface area contributed by atoms with E-state index in [1.165, 1.54) is 23.2 Å². The van der Waals surface area contributed by atoms with E-state index in [9.17, 15) is 9.59 Å². The number of hydrogen-bond donors (Lipinski definition) is 0. The van der Waals surface area contributed by atoms with Gasteiger partial charge in [-0.3, -0.25) is 14.2 Å². The molecule has 8 heteroatoms. The van der Waals surface area contributed by atoms with Crippen LogP contribution in [0.1, 0.15) is 5.56 Å². The van der Waals surface area contributed by atoms with E-state index in [0.717, 1.165) is 24.3 Å². The molecule has 0 spiro atoms. The number of aryl methyl sites for hydroxylation is 1. The fraction of sp³-hybridized carbons (Fsp3) is 0.286. The molecular formula is C21H21ClN4O3. The molecule has 0 atom stereocenters. The van der Waals surface area contributed by atoms with Gasteiger partial charge in [0.1, 0.15) is 12.2 Å². The molecule has 1 aliphatic heterocycles. The zero-order chi connectivity index (χ0) is 20.4. The number of carbonyl (C=O) groups is 1. The number of furan rings is 1. The van der Waals surface area contributed by atoms with Crippen molar-refractivity contribution >= 4 is 23.2 Å². The van der Waals surface area contributed by atoms with Gasteiger partial charge in [0, 0.05) is 43.0 Å². The van der Waals surface area contributed by atoms with Crippen LogP contribution in [0.25, 0.3) is 11.5 Å². The number of anilines is 1. The lowest BCUT2D eigenvalue weighted by Gasteiger charge is -2.37. The van der Waals surface area contributed by atoms with Crippen molar-refractivity contribution in [2.45, 2.75) is 13.5 Å². The standard InChI is InChI=1S/C21H21ClN4O3/c1-15-4-5-16(22)11-18(15)24-6-8-25(9-7-24)21(28)13-26-14-23-17(12-20(26)27)19-3-2-10-29-19/h2-5,10-12,14H,6-9,13H2,1H3. The molecule has 3 aromatic rings. The molecule has 0 aliphatic carbocycles. The molecule has 0 unspecified atom stereocenters. The Morgan fingerprint density at radius 2 is 1.97 bits per heavy atom. The summed E-state index contributed by atoms with van der Waals surface area (Å²) in [6.45, 7) is 4.65. The van der Waals surface area contributed by atoms with Crippen LogP contribution in [0.5, 0.6) is 0 Å². The molecular weight excluding hydrogens is 392 g/mol. The summed E-state index contributed by atoms with van der Waals surface area (Å²) < 4.78 is 6.58. The van der Waals surface area contributed by atoms with Crippen molar-refractivity contribution in [1.82, 2.24) is 14.5 Å². The predicted octanol–water partition coefficient (Wildman–Crippen LogP) is 2.81. The first-order chi connectivity index (χ1) is 14.0. The second-order valence-electron chi connectivity index (χ2n) is 7.02. The van der Waals surface area contributed by atoms with E-state index in [2.05, 4.69) is 16.8 Å². The predicted molar refractivity (Wildman–Crippen MR) is 111 cm³/mol. The SMILES string of the molecule is Cc1ccc(Cl)cc1N1CCN(C(=O)Cn2cnc(-c3ccco3)cc2=O)CC1. The number of aromatic nitrogens is 2. The molecule has 2 aromatic heterocycles. The lowest BCUT2D eigenvalue weighted by atomic mass is 10.1. The topological polar surface area (TPSA) is 71.6 Å². The number of piperazine rings is 1. The van der Waals surface area contributed by atoms with Gasteiger partial charge in [-0.15, -0.1) is 0 Å². The Balaban J connectivity index is 1.39. The molecule has 0 radical (unpaired) electrons. The van der Waals surface area contributed by atoms with Crippen molar-refractivity contribution < 1.29 is 9.21 Å². The molecule has 0 bridgehead atoms. The molecule has 29 heavy (non-hydrogen) atoms. The van der Waals surface area contributed by atoms with Gasteiger partial charge in [-0.2, -0.15) is 0 Å². The Labute approximate surface area is 173 Å². The van der Waals surface area contributed by atoms with Gasteiger partial charge in [0.15, 0.2) is 5.76 Å². The minimum absolute atomic E-state index is 0.0273. The maximum Gasteiger partial charge on any atom is 0.254 e. The zero-order valence-electron chi connectivity index (χ0n) is 16.0. The van der Waals surface area contributed by atoms with E-state index in [4.69, 9.17) is 16.0 Å².